The van der Waals surface area contributed by atoms with Gasteiger partial charge in [-0.15, -0.1) is 0 Å². The maximum atomic E-state index is 13.5. The van der Waals surface area contributed by atoms with Gasteiger partial charge in [-0.2, -0.15) is 5.10 Å². The number of aliphatic hydroxyl groups is 2. The summed E-state index contributed by atoms with van der Waals surface area (Å²) in [5.41, 5.74) is 4.08. The van der Waals surface area contributed by atoms with Crippen LogP contribution in [-0.4, -0.2) is 52.4 Å². The summed E-state index contributed by atoms with van der Waals surface area (Å²) in [6.45, 7) is 2.44. The predicted molar refractivity (Wildman–Crippen MR) is 168 cm³/mol. The lowest BCUT2D eigenvalue weighted by Gasteiger charge is -2.48. The number of hydrogen-bond donors (Lipinski definition) is 4. The van der Waals surface area contributed by atoms with Gasteiger partial charge in [-0.25, -0.2) is 5.01 Å². The van der Waals surface area contributed by atoms with Crippen molar-refractivity contribution < 1.29 is 19.7 Å². The topological polar surface area (TPSA) is 106 Å². The molecule has 224 valence electrons. The number of anilines is 1. The molecule has 43 heavy (non-hydrogen) atoms. The second-order valence-electron chi connectivity index (χ2n) is 11.8. The number of aliphatic hydroxyl groups excluding tert-OH is 2. The molecular weight excluding hydrogens is 540 g/mol. The van der Waals surface area contributed by atoms with Crippen LogP contribution in [0.1, 0.15) is 55.3 Å². The third-order valence-electron chi connectivity index (χ3n) is 8.82. The number of hydrogen-bond acceptors (Lipinski definition) is 7. The summed E-state index contributed by atoms with van der Waals surface area (Å²) in [5.74, 6) is 0.512. The highest BCUT2D eigenvalue weighted by molar-refractivity contribution is 6.43. The molecule has 3 aromatic carbocycles. The van der Waals surface area contributed by atoms with Crippen molar-refractivity contribution in [3.05, 3.63) is 108 Å². The first kappa shape index (κ1) is 29.1. The first-order valence-electron chi connectivity index (χ1n) is 15.3. The number of amides is 1. The Kier molecular flexibility index (Phi) is 8.61. The second-order valence-corrected chi connectivity index (χ2v) is 11.8. The van der Waals surface area contributed by atoms with Crippen molar-refractivity contribution in [2.24, 2.45) is 5.10 Å². The van der Waals surface area contributed by atoms with Crippen LogP contribution >= 0.6 is 0 Å². The quantitative estimate of drug-likeness (QED) is 0.283. The van der Waals surface area contributed by atoms with Gasteiger partial charge < -0.3 is 25.6 Å². The van der Waals surface area contributed by atoms with E-state index >= 15 is 0 Å². The number of aryl methyl sites for hydroxylation is 1. The number of nitrogens with zero attached hydrogens (tertiary/aromatic N) is 2. The molecule has 4 atom stereocenters. The van der Waals surface area contributed by atoms with E-state index in [1.807, 2.05) is 60.7 Å². The average Bonchev–Trinajstić information content (AvgIpc) is 3.03. The van der Waals surface area contributed by atoms with E-state index in [4.69, 9.17) is 4.74 Å². The molecule has 6 rings (SSSR count). The fourth-order valence-electron chi connectivity index (χ4n) is 6.18. The van der Waals surface area contributed by atoms with Crippen LogP contribution in [0.5, 0.6) is 5.75 Å². The summed E-state index contributed by atoms with van der Waals surface area (Å²) in [6.07, 6.45) is 6.69. The Labute approximate surface area is 253 Å². The van der Waals surface area contributed by atoms with Gasteiger partial charge >= 0.3 is 0 Å². The first-order chi connectivity index (χ1) is 20.9. The Morgan fingerprint density at radius 2 is 1.81 bits per heavy atom. The zero-order chi connectivity index (χ0) is 29.8. The van der Waals surface area contributed by atoms with Crippen LogP contribution in [0.2, 0.25) is 0 Å². The smallest absolute Gasteiger partial charge is 0.272 e. The van der Waals surface area contributed by atoms with Gasteiger partial charge in [-0.3, -0.25) is 4.79 Å². The monoisotopic (exact) mass is 580 g/mol. The SMILES string of the molecule is CCc1ccc2c(c1)[C@@H](NC[C@@H](O)[C@H](Cc1ccccc1)NC(=O)C1=NN(c3ccccc3)C(O)C=C1)CC1(CCC1)O2. The van der Waals surface area contributed by atoms with Gasteiger partial charge in [-0.1, -0.05) is 67.6 Å². The van der Waals surface area contributed by atoms with E-state index in [9.17, 15) is 15.0 Å². The van der Waals surface area contributed by atoms with Crippen LogP contribution in [-0.2, 0) is 17.6 Å². The van der Waals surface area contributed by atoms with Gasteiger partial charge in [0.25, 0.3) is 5.91 Å². The molecule has 0 radical (unpaired) electrons. The van der Waals surface area contributed by atoms with Crippen LogP contribution in [0.15, 0.2) is 96.1 Å². The third-order valence-corrected chi connectivity index (χ3v) is 8.82. The van der Waals surface area contributed by atoms with Gasteiger partial charge in [-0.05, 0) is 73.6 Å². The molecule has 1 amide bonds. The lowest BCUT2D eigenvalue weighted by Crippen LogP contribution is -2.53. The van der Waals surface area contributed by atoms with E-state index in [0.717, 1.165) is 42.6 Å². The van der Waals surface area contributed by atoms with E-state index in [-0.39, 0.29) is 17.4 Å². The summed E-state index contributed by atoms with van der Waals surface area (Å²) in [6, 6.07) is 25.0. The highest BCUT2D eigenvalue weighted by Crippen LogP contribution is 2.49. The molecule has 8 nitrogen and oxygen atoms in total. The Morgan fingerprint density at radius 1 is 1.07 bits per heavy atom. The molecule has 1 spiro atoms. The highest BCUT2D eigenvalue weighted by Gasteiger charge is 2.45. The summed E-state index contributed by atoms with van der Waals surface area (Å²) in [5, 5.41) is 34.6. The fraction of sp³-hybridized carbons (Fsp3) is 0.371. The maximum Gasteiger partial charge on any atom is 0.272 e. The van der Waals surface area contributed by atoms with Crippen molar-refractivity contribution in [3.8, 4) is 5.75 Å². The second kappa shape index (κ2) is 12.7. The van der Waals surface area contributed by atoms with Crippen molar-refractivity contribution in [1.82, 2.24) is 10.6 Å². The lowest BCUT2D eigenvalue weighted by molar-refractivity contribution is -0.116. The van der Waals surface area contributed by atoms with Crippen LogP contribution in [0.4, 0.5) is 5.69 Å². The standard InChI is InChI=1S/C35H40N4O4/c1-2-24-14-16-32-27(20-24)30(22-35(43-32)18-9-19-35)36-23-31(40)29(21-25-10-5-3-6-11-25)37-34(42)28-15-17-33(41)39(38-28)26-12-7-4-8-13-26/h3-8,10-17,20,29-31,33,36,40-41H,2,9,18-19,21-23H2,1H3,(H,37,42)/t29-,30-,31+,33?/m0/s1. The summed E-state index contributed by atoms with van der Waals surface area (Å²) in [4.78, 5) is 13.5. The molecular formula is C35H40N4O4. The van der Waals surface area contributed by atoms with E-state index < -0.39 is 24.3 Å². The number of hydrazone groups is 1. The van der Waals surface area contributed by atoms with Gasteiger partial charge in [0.1, 0.15) is 17.1 Å². The number of carbonyl (C=O) groups excluding carboxylic acids is 1. The molecule has 1 saturated carbocycles. The molecule has 8 heteroatoms. The zero-order valence-corrected chi connectivity index (χ0v) is 24.5. The lowest BCUT2D eigenvalue weighted by atomic mass is 9.72. The minimum Gasteiger partial charge on any atom is -0.487 e. The Hall–Kier alpha value is -3.98. The minimum absolute atomic E-state index is 0.0462. The van der Waals surface area contributed by atoms with Crippen molar-refractivity contribution in [2.45, 2.75) is 75.5 Å². The Morgan fingerprint density at radius 3 is 2.51 bits per heavy atom. The van der Waals surface area contributed by atoms with Gasteiger partial charge in [0.15, 0.2) is 6.23 Å². The van der Waals surface area contributed by atoms with Crippen molar-refractivity contribution in [2.75, 3.05) is 11.6 Å². The summed E-state index contributed by atoms with van der Waals surface area (Å²) < 4.78 is 6.49. The van der Waals surface area contributed by atoms with Gasteiger partial charge in [0, 0.05) is 24.6 Å². The number of ether oxygens (including phenoxy) is 1. The molecule has 1 fully saturated rings. The first-order valence-corrected chi connectivity index (χ1v) is 15.3. The Bertz CT molecular complexity index is 1470. The maximum absolute atomic E-state index is 13.5. The summed E-state index contributed by atoms with van der Waals surface area (Å²) in [7, 11) is 0. The van der Waals surface area contributed by atoms with Crippen LogP contribution < -0.4 is 20.4 Å². The van der Waals surface area contributed by atoms with E-state index in [2.05, 4.69) is 40.9 Å². The zero-order valence-electron chi connectivity index (χ0n) is 24.5. The molecule has 3 aromatic rings. The number of rotatable bonds is 10. The van der Waals surface area contributed by atoms with Crippen LogP contribution in [0.25, 0.3) is 0 Å². The Balaban J connectivity index is 1.19. The minimum atomic E-state index is -0.983. The number of fused-ring (bicyclic) bond motifs is 1. The average molecular weight is 581 g/mol. The molecule has 0 saturated heterocycles. The normalized spacial score (nSPS) is 21.7. The van der Waals surface area contributed by atoms with E-state index in [0.29, 0.717) is 18.7 Å². The molecule has 4 N–H and O–H groups in total. The molecule has 3 aliphatic rings. The van der Waals surface area contributed by atoms with Crippen LogP contribution in [0, 0.1) is 0 Å². The van der Waals surface area contributed by atoms with Gasteiger partial charge in [0.05, 0.1) is 17.8 Å². The number of nitrogens with one attached hydrogen (secondary N) is 2. The van der Waals surface area contributed by atoms with Crippen LogP contribution in [0.3, 0.4) is 0 Å². The largest absolute Gasteiger partial charge is 0.487 e. The predicted octanol–water partition coefficient (Wildman–Crippen LogP) is 4.42. The molecule has 2 heterocycles. The van der Waals surface area contributed by atoms with E-state index in [1.54, 1.807) is 0 Å². The third kappa shape index (κ3) is 6.51. The number of para-hydroxylation sites is 1. The molecule has 0 aromatic heterocycles. The highest BCUT2D eigenvalue weighted by atomic mass is 16.5. The molecule has 0 bridgehead atoms. The van der Waals surface area contributed by atoms with Crippen molar-refractivity contribution in [1.29, 1.82) is 0 Å². The molecule has 2 aliphatic heterocycles. The van der Waals surface area contributed by atoms with E-state index in [1.165, 1.54) is 29.1 Å². The molecule has 1 aliphatic carbocycles. The number of carbonyl (C=O) groups is 1. The summed E-state index contributed by atoms with van der Waals surface area (Å²) >= 11 is 0. The fourth-order valence-corrected chi connectivity index (χ4v) is 6.18. The molecule has 1 unspecified atom stereocenters. The van der Waals surface area contributed by atoms with Gasteiger partial charge in [0.2, 0.25) is 0 Å². The van der Waals surface area contributed by atoms with Crippen molar-refractivity contribution in [3.63, 3.8) is 0 Å². The van der Waals surface area contributed by atoms with Crippen molar-refractivity contribution >= 4 is 17.3 Å². The number of benzene rings is 3.